The van der Waals surface area contributed by atoms with Gasteiger partial charge in [-0.1, -0.05) is 13.8 Å². The van der Waals surface area contributed by atoms with Crippen molar-refractivity contribution in [1.29, 1.82) is 0 Å². The molecule has 0 fully saturated rings. The van der Waals surface area contributed by atoms with Crippen LogP contribution in [0.1, 0.15) is 48.7 Å². The van der Waals surface area contributed by atoms with Gasteiger partial charge in [-0.3, -0.25) is 14.3 Å². The number of thioether (sulfide) groups is 1. The Bertz CT molecular complexity index is 807. The molecule has 0 unspecified atom stereocenters. The third-order valence-corrected chi connectivity index (χ3v) is 5.43. The van der Waals surface area contributed by atoms with Crippen LogP contribution in [0.15, 0.2) is 34.1 Å². The Morgan fingerprint density at radius 3 is 2.67 bits per heavy atom. The van der Waals surface area contributed by atoms with E-state index in [9.17, 15) is 9.59 Å². The largest absolute Gasteiger partial charge is 0.302 e. The number of hydrogen-bond donors (Lipinski definition) is 1. The number of nitrogens with one attached hydrogen (secondary N) is 1. The number of nitrogens with zero attached hydrogens (tertiary/aromatic N) is 1. The normalized spacial score (nSPS) is 15.1. The van der Waals surface area contributed by atoms with Gasteiger partial charge < -0.3 is 5.10 Å². The van der Waals surface area contributed by atoms with E-state index in [0.29, 0.717) is 12.1 Å². The van der Waals surface area contributed by atoms with Crippen molar-refractivity contribution < 1.29 is 4.79 Å². The standard InChI is InChI=1S/C17H20N2O2S.O2/c1-4-19-16(21)12(10-18-19)15(20)11-5-6-14-13(9-11)17(2,3)7-8-22-14;1-2/h5-6,9-10,18H,4,7-8H2,1-3H3;. The van der Waals surface area contributed by atoms with Crippen molar-refractivity contribution in [2.75, 3.05) is 5.75 Å². The molecule has 0 bridgehead atoms. The second-order valence-corrected chi connectivity index (χ2v) is 7.40. The van der Waals surface area contributed by atoms with Gasteiger partial charge >= 0.3 is 0 Å². The summed E-state index contributed by atoms with van der Waals surface area (Å²) in [7, 11) is 0. The number of aromatic nitrogens is 2. The van der Waals surface area contributed by atoms with Gasteiger partial charge in [-0.2, -0.15) is 0 Å². The zero-order chi connectivity index (χ0) is 17.9. The van der Waals surface area contributed by atoms with Gasteiger partial charge in [0, 0.05) is 33.1 Å². The summed E-state index contributed by atoms with van der Waals surface area (Å²) in [6.45, 7) is 6.81. The number of rotatable bonds is 3. The Hall–Kier alpha value is -2.15. The lowest BCUT2D eigenvalue weighted by Gasteiger charge is -2.32. The molecule has 1 aromatic heterocycles. The number of fused-ring (bicyclic) bond motifs is 1. The average Bonchev–Trinajstić information content (AvgIpc) is 2.96. The minimum absolute atomic E-state index is 0.0681. The van der Waals surface area contributed by atoms with Gasteiger partial charge in [-0.05, 0) is 48.3 Å². The van der Waals surface area contributed by atoms with Crippen LogP contribution in [-0.4, -0.2) is 21.3 Å². The minimum atomic E-state index is -0.251. The van der Waals surface area contributed by atoms with E-state index in [4.69, 9.17) is 9.93 Å². The molecule has 1 aromatic carbocycles. The van der Waals surface area contributed by atoms with Crippen molar-refractivity contribution in [3.8, 4) is 0 Å². The van der Waals surface area contributed by atoms with E-state index in [1.54, 1.807) is 0 Å². The van der Waals surface area contributed by atoms with Crippen molar-refractivity contribution in [3.05, 3.63) is 61.4 Å². The summed E-state index contributed by atoms with van der Waals surface area (Å²) < 4.78 is 1.44. The molecule has 0 radical (unpaired) electrons. The lowest BCUT2D eigenvalue weighted by atomic mass is 9.80. The Morgan fingerprint density at radius 2 is 2.04 bits per heavy atom. The molecule has 2 aromatic rings. The van der Waals surface area contributed by atoms with Gasteiger partial charge in [0.15, 0.2) is 5.78 Å². The Balaban J connectivity index is 0.00000100. The van der Waals surface area contributed by atoms with E-state index in [2.05, 4.69) is 18.9 Å². The number of hydrogen-bond acceptors (Lipinski definition) is 5. The molecule has 0 aliphatic carbocycles. The third kappa shape index (κ3) is 3.21. The number of aromatic amines is 1. The zero-order valence-corrected chi connectivity index (χ0v) is 14.7. The maximum absolute atomic E-state index is 12.7. The maximum Gasteiger partial charge on any atom is 0.277 e. The highest BCUT2D eigenvalue weighted by atomic mass is 32.2. The van der Waals surface area contributed by atoms with Crippen LogP contribution in [0.3, 0.4) is 0 Å². The van der Waals surface area contributed by atoms with Gasteiger partial charge in [0.2, 0.25) is 0 Å². The molecule has 1 aliphatic heterocycles. The lowest BCUT2D eigenvalue weighted by molar-refractivity contribution is 0.103. The molecule has 0 atom stereocenters. The van der Waals surface area contributed by atoms with Gasteiger partial charge in [-0.25, -0.2) is 0 Å². The quantitative estimate of drug-likeness (QED) is 0.860. The van der Waals surface area contributed by atoms with E-state index in [1.165, 1.54) is 21.3 Å². The first-order valence-electron chi connectivity index (χ1n) is 7.71. The van der Waals surface area contributed by atoms with Crippen LogP contribution in [0, 0.1) is 9.93 Å². The third-order valence-electron chi connectivity index (χ3n) is 4.36. The minimum Gasteiger partial charge on any atom is -0.302 e. The smallest absolute Gasteiger partial charge is 0.277 e. The van der Waals surface area contributed by atoms with E-state index in [-0.39, 0.29) is 22.3 Å². The SMILES string of the molecule is CCn1[nH]cc(C(=O)c2ccc3c(c2)C(C)(C)CCS3)c1=O.O=O. The van der Waals surface area contributed by atoms with Crippen molar-refractivity contribution in [2.24, 2.45) is 0 Å². The summed E-state index contributed by atoms with van der Waals surface area (Å²) >= 11 is 1.83. The second kappa shape index (κ2) is 7.17. The molecular formula is C17H20N2O4S. The van der Waals surface area contributed by atoms with Crippen molar-refractivity contribution in [1.82, 2.24) is 9.78 Å². The zero-order valence-electron chi connectivity index (χ0n) is 13.9. The fourth-order valence-electron chi connectivity index (χ4n) is 2.84. The van der Waals surface area contributed by atoms with E-state index >= 15 is 0 Å². The highest BCUT2D eigenvalue weighted by Crippen LogP contribution is 2.41. The van der Waals surface area contributed by atoms with Gasteiger partial charge in [0.25, 0.3) is 5.56 Å². The number of H-pyrrole nitrogens is 1. The van der Waals surface area contributed by atoms with E-state index in [1.807, 2.05) is 36.9 Å². The molecule has 0 saturated heterocycles. The molecule has 7 heteroatoms. The van der Waals surface area contributed by atoms with Crippen LogP contribution in [0.2, 0.25) is 0 Å². The predicted octanol–water partition coefficient (Wildman–Crippen LogP) is 3.27. The molecule has 24 heavy (non-hydrogen) atoms. The molecule has 0 spiro atoms. The first-order chi connectivity index (χ1) is 11.4. The number of carbonyl (C=O) groups is 1. The maximum atomic E-state index is 12.7. The number of carbonyl (C=O) groups excluding carboxylic acids is 1. The van der Waals surface area contributed by atoms with Crippen LogP contribution in [-0.2, 0) is 12.0 Å². The number of aryl methyl sites for hydroxylation is 1. The van der Waals surface area contributed by atoms with Crippen LogP contribution < -0.4 is 5.56 Å². The van der Waals surface area contributed by atoms with Gasteiger partial charge in [0.1, 0.15) is 5.56 Å². The molecule has 0 saturated carbocycles. The molecule has 128 valence electrons. The number of ketones is 1. The first kappa shape index (κ1) is 18.2. The summed E-state index contributed by atoms with van der Waals surface area (Å²) in [5.74, 6) is 0.898. The molecule has 0 amide bonds. The average molecular weight is 348 g/mol. The Morgan fingerprint density at radius 1 is 1.33 bits per heavy atom. The van der Waals surface area contributed by atoms with Gasteiger partial charge in [0.05, 0.1) is 0 Å². The van der Waals surface area contributed by atoms with Crippen LogP contribution in [0.25, 0.3) is 0 Å². The molecule has 2 heterocycles. The van der Waals surface area contributed by atoms with Crippen LogP contribution in [0.4, 0.5) is 0 Å². The molecular weight excluding hydrogens is 328 g/mol. The van der Waals surface area contributed by atoms with Crippen LogP contribution >= 0.6 is 11.8 Å². The number of benzene rings is 1. The van der Waals surface area contributed by atoms with Crippen molar-refractivity contribution >= 4 is 17.5 Å². The summed E-state index contributed by atoms with van der Waals surface area (Å²) in [6, 6.07) is 5.81. The highest BCUT2D eigenvalue weighted by molar-refractivity contribution is 7.99. The molecule has 6 nitrogen and oxygen atoms in total. The monoisotopic (exact) mass is 348 g/mol. The fourth-order valence-corrected chi connectivity index (χ4v) is 4.33. The summed E-state index contributed by atoms with van der Waals surface area (Å²) in [5.41, 5.74) is 1.83. The molecule has 1 aliphatic rings. The molecule has 3 rings (SSSR count). The topological polar surface area (TPSA) is 89.0 Å². The van der Waals surface area contributed by atoms with Crippen LogP contribution in [0.5, 0.6) is 0 Å². The summed E-state index contributed by atoms with van der Waals surface area (Å²) in [6.07, 6.45) is 2.60. The summed E-state index contributed by atoms with van der Waals surface area (Å²) in [4.78, 5) is 40.0. The first-order valence-corrected chi connectivity index (χ1v) is 8.69. The second-order valence-electron chi connectivity index (χ2n) is 6.26. The van der Waals surface area contributed by atoms with Crippen molar-refractivity contribution in [3.63, 3.8) is 0 Å². The van der Waals surface area contributed by atoms with E-state index in [0.717, 1.165) is 12.2 Å². The predicted molar refractivity (Wildman–Crippen MR) is 95.7 cm³/mol. The Labute approximate surface area is 143 Å². The summed E-state index contributed by atoms with van der Waals surface area (Å²) in [5, 5.41) is 2.83. The lowest BCUT2D eigenvalue weighted by Crippen LogP contribution is -2.24. The highest BCUT2D eigenvalue weighted by Gasteiger charge is 2.29. The van der Waals surface area contributed by atoms with Gasteiger partial charge in [-0.15, -0.1) is 11.8 Å². The van der Waals surface area contributed by atoms with Crippen molar-refractivity contribution in [2.45, 2.75) is 44.0 Å². The molecule has 1 N–H and O–H groups in total. The van der Waals surface area contributed by atoms with E-state index < -0.39 is 0 Å². The fraction of sp³-hybridized carbons (Fsp3) is 0.412. The Kier molecular flexibility index (Phi) is 5.43.